The summed E-state index contributed by atoms with van der Waals surface area (Å²) in [5, 5.41) is 6.83. The van der Waals surface area contributed by atoms with Gasteiger partial charge in [-0.15, -0.1) is 11.3 Å². The average Bonchev–Trinajstić information content (AvgIpc) is 3.44. The minimum atomic E-state index is -0.496. The van der Waals surface area contributed by atoms with Gasteiger partial charge in [0.15, 0.2) is 5.11 Å². The molecule has 1 aromatic carbocycles. The number of thiocarbonyl (C=S) groups is 1. The molecule has 1 aliphatic rings. The summed E-state index contributed by atoms with van der Waals surface area (Å²) in [6.07, 6.45) is 5.63. The number of rotatable bonds is 5. The Bertz CT molecular complexity index is 1260. The average molecular weight is 486 g/mol. The molecule has 32 heavy (non-hydrogen) atoms. The van der Waals surface area contributed by atoms with Gasteiger partial charge in [0.25, 0.3) is 5.91 Å². The summed E-state index contributed by atoms with van der Waals surface area (Å²) in [6.45, 7) is 1.93. The van der Waals surface area contributed by atoms with E-state index in [-0.39, 0.29) is 5.11 Å². The molecule has 4 rings (SSSR count). The van der Waals surface area contributed by atoms with Gasteiger partial charge >= 0.3 is 0 Å². The van der Waals surface area contributed by atoms with Crippen LogP contribution in [-0.2, 0) is 17.6 Å². The first kappa shape index (κ1) is 22.3. The van der Waals surface area contributed by atoms with Crippen LogP contribution in [-0.4, -0.2) is 16.9 Å². The number of aryl methyl sites for hydroxylation is 2. The fraction of sp³-hybridized carbons (Fsp3) is 0.174. The van der Waals surface area contributed by atoms with Crippen LogP contribution in [0, 0.1) is 6.92 Å². The Labute approximate surface area is 199 Å². The number of hydrogen-bond donors (Lipinski definition) is 3. The van der Waals surface area contributed by atoms with Crippen LogP contribution in [0.25, 0.3) is 17.4 Å². The molecule has 4 N–H and O–H groups in total. The van der Waals surface area contributed by atoms with Crippen molar-refractivity contribution in [3.63, 3.8) is 0 Å². The van der Waals surface area contributed by atoms with E-state index >= 15 is 0 Å². The number of furan rings is 1. The highest BCUT2D eigenvalue weighted by atomic mass is 35.5. The summed E-state index contributed by atoms with van der Waals surface area (Å²) in [5.74, 6) is 0.234. The summed E-state index contributed by atoms with van der Waals surface area (Å²) in [7, 11) is 0. The Morgan fingerprint density at radius 1 is 1.25 bits per heavy atom. The van der Waals surface area contributed by atoms with Gasteiger partial charge in [0.1, 0.15) is 16.5 Å². The monoisotopic (exact) mass is 485 g/mol. The first-order valence-electron chi connectivity index (χ1n) is 9.92. The molecule has 0 atom stereocenters. The molecule has 0 saturated carbocycles. The number of benzene rings is 1. The van der Waals surface area contributed by atoms with Crippen molar-refractivity contribution in [2.24, 2.45) is 5.73 Å². The van der Waals surface area contributed by atoms with E-state index in [1.807, 2.05) is 31.2 Å². The lowest BCUT2D eigenvalue weighted by Crippen LogP contribution is -2.33. The molecule has 2 heterocycles. The van der Waals surface area contributed by atoms with Gasteiger partial charge in [-0.25, -0.2) is 0 Å². The third-order valence-corrected chi connectivity index (χ3v) is 6.93. The van der Waals surface area contributed by atoms with Crippen molar-refractivity contribution in [1.29, 1.82) is 0 Å². The fourth-order valence-electron chi connectivity index (χ4n) is 3.54. The molecule has 3 aromatic rings. The highest BCUT2D eigenvalue weighted by Gasteiger charge is 2.25. The normalized spacial score (nSPS) is 12.7. The van der Waals surface area contributed by atoms with E-state index in [2.05, 4.69) is 10.6 Å². The number of nitrogens with two attached hydrogens (primary N) is 1. The minimum absolute atomic E-state index is 0.0940. The largest absolute Gasteiger partial charge is 0.457 e. The number of carbonyl (C=O) groups excluding carboxylic acids is 2. The standard InChI is InChI=1S/C23H20ClN3O3S2/c1-12-5-6-13(11-16(12)24)17-9-7-14(30-17)8-10-19(28)26-23(31)27-22-20(21(25)29)15-3-2-4-18(15)32-22/h5-11H,2-4H2,1H3,(H2,25,29)(H2,26,27,28,31)/b10-8+. The molecule has 0 bridgehead atoms. The zero-order valence-corrected chi connectivity index (χ0v) is 19.5. The summed E-state index contributed by atoms with van der Waals surface area (Å²) < 4.78 is 5.77. The molecule has 2 aromatic heterocycles. The SMILES string of the molecule is Cc1ccc(-c2ccc(/C=C/C(=O)NC(=S)Nc3sc4c(c3C(N)=O)CCC4)o2)cc1Cl. The Hall–Kier alpha value is -2.94. The van der Waals surface area contributed by atoms with E-state index in [0.717, 1.165) is 40.8 Å². The number of hydrogen-bond acceptors (Lipinski definition) is 5. The maximum absolute atomic E-state index is 12.3. The molecule has 0 saturated heterocycles. The van der Waals surface area contributed by atoms with Crippen molar-refractivity contribution in [1.82, 2.24) is 5.32 Å². The summed E-state index contributed by atoms with van der Waals surface area (Å²) >= 11 is 12.9. The molecule has 0 fully saturated rings. The molecule has 9 heteroatoms. The molecule has 0 radical (unpaired) electrons. The van der Waals surface area contributed by atoms with Gasteiger partial charge in [0, 0.05) is 21.5 Å². The van der Waals surface area contributed by atoms with Crippen LogP contribution in [0.5, 0.6) is 0 Å². The van der Waals surface area contributed by atoms with E-state index in [1.54, 1.807) is 12.1 Å². The van der Waals surface area contributed by atoms with Crippen molar-refractivity contribution < 1.29 is 14.0 Å². The highest BCUT2D eigenvalue weighted by Crippen LogP contribution is 2.38. The van der Waals surface area contributed by atoms with Crippen molar-refractivity contribution in [2.75, 3.05) is 5.32 Å². The molecule has 2 amide bonds. The van der Waals surface area contributed by atoms with Crippen molar-refractivity contribution in [3.05, 3.63) is 68.8 Å². The quantitative estimate of drug-likeness (QED) is 0.345. The third kappa shape index (κ3) is 4.77. The zero-order valence-electron chi connectivity index (χ0n) is 17.2. The van der Waals surface area contributed by atoms with Crippen LogP contribution in [0.2, 0.25) is 5.02 Å². The van der Waals surface area contributed by atoms with Gasteiger partial charge in [-0.1, -0.05) is 23.7 Å². The highest BCUT2D eigenvalue weighted by molar-refractivity contribution is 7.80. The Morgan fingerprint density at radius 3 is 2.81 bits per heavy atom. The second-order valence-corrected chi connectivity index (χ2v) is 9.29. The number of primary amides is 1. The van der Waals surface area contributed by atoms with Crippen LogP contribution in [0.1, 0.15) is 38.5 Å². The van der Waals surface area contributed by atoms with Crippen molar-refractivity contribution in [2.45, 2.75) is 26.2 Å². The predicted octanol–water partition coefficient (Wildman–Crippen LogP) is 5.08. The smallest absolute Gasteiger partial charge is 0.251 e. The van der Waals surface area contributed by atoms with Crippen LogP contribution in [0.15, 0.2) is 40.8 Å². The van der Waals surface area contributed by atoms with E-state index in [9.17, 15) is 9.59 Å². The van der Waals surface area contributed by atoms with Gasteiger partial charge in [-0.05, 0) is 73.8 Å². The molecule has 6 nitrogen and oxygen atoms in total. The second kappa shape index (κ2) is 9.28. The number of amides is 2. The number of carbonyl (C=O) groups is 2. The van der Waals surface area contributed by atoms with E-state index < -0.39 is 11.8 Å². The van der Waals surface area contributed by atoms with E-state index in [1.165, 1.54) is 17.4 Å². The molecular weight excluding hydrogens is 466 g/mol. The summed E-state index contributed by atoms with van der Waals surface area (Å²) in [6, 6.07) is 9.25. The minimum Gasteiger partial charge on any atom is -0.457 e. The lowest BCUT2D eigenvalue weighted by atomic mass is 10.1. The van der Waals surface area contributed by atoms with E-state index in [4.69, 9.17) is 34.0 Å². The number of halogens is 1. The fourth-order valence-corrected chi connectivity index (χ4v) is 5.29. The van der Waals surface area contributed by atoms with Crippen LogP contribution < -0.4 is 16.4 Å². The lowest BCUT2D eigenvalue weighted by molar-refractivity contribution is -0.115. The van der Waals surface area contributed by atoms with Gasteiger partial charge < -0.3 is 15.5 Å². The van der Waals surface area contributed by atoms with Crippen molar-refractivity contribution >= 4 is 63.2 Å². The number of thiophene rings is 1. The summed E-state index contributed by atoms with van der Waals surface area (Å²) in [4.78, 5) is 25.3. The molecule has 0 aliphatic heterocycles. The number of anilines is 1. The predicted molar refractivity (Wildman–Crippen MR) is 132 cm³/mol. The molecule has 0 spiro atoms. The zero-order chi connectivity index (χ0) is 22.8. The lowest BCUT2D eigenvalue weighted by Gasteiger charge is -2.08. The van der Waals surface area contributed by atoms with Gasteiger partial charge in [-0.3, -0.25) is 14.9 Å². The maximum atomic E-state index is 12.3. The Balaban J connectivity index is 1.38. The topological polar surface area (TPSA) is 97.4 Å². The number of fused-ring (bicyclic) bond motifs is 1. The van der Waals surface area contributed by atoms with Crippen LogP contribution >= 0.6 is 35.2 Å². The number of nitrogens with one attached hydrogen (secondary N) is 2. The Morgan fingerprint density at radius 2 is 2.06 bits per heavy atom. The van der Waals surface area contributed by atoms with Crippen LogP contribution in [0.3, 0.4) is 0 Å². The van der Waals surface area contributed by atoms with Gasteiger partial charge in [-0.2, -0.15) is 0 Å². The molecular formula is C23H20ClN3O3S2. The molecule has 1 aliphatic carbocycles. The van der Waals surface area contributed by atoms with E-state index in [0.29, 0.717) is 27.1 Å². The van der Waals surface area contributed by atoms with Crippen molar-refractivity contribution in [3.8, 4) is 11.3 Å². The first-order valence-corrected chi connectivity index (χ1v) is 11.5. The Kier molecular flexibility index (Phi) is 6.45. The first-order chi connectivity index (χ1) is 15.3. The maximum Gasteiger partial charge on any atom is 0.251 e. The van der Waals surface area contributed by atoms with Crippen LogP contribution in [0.4, 0.5) is 5.00 Å². The molecule has 164 valence electrons. The van der Waals surface area contributed by atoms with Gasteiger partial charge in [0.05, 0.1) is 5.56 Å². The third-order valence-electron chi connectivity index (χ3n) is 5.11. The summed E-state index contributed by atoms with van der Waals surface area (Å²) in [5.41, 5.74) is 8.84. The molecule has 0 unspecified atom stereocenters. The van der Waals surface area contributed by atoms with Gasteiger partial charge in [0.2, 0.25) is 5.91 Å². The second-order valence-electron chi connectivity index (χ2n) is 7.37.